The van der Waals surface area contributed by atoms with Gasteiger partial charge in [-0.05, 0) is 52.4 Å². The average molecular weight is 208 g/mol. The molecule has 0 unspecified atom stereocenters. The van der Waals surface area contributed by atoms with Crippen LogP contribution in [0.4, 0.5) is 0 Å². The standard InChI is InChI=1S/C14H24O/c1-12(2)5-4-6-13(3)9-10-15-11-14-7-8-14/h5,9,14H,4,6-8,10-11H2,1-3H3/b13-9+. The van der Waals surface area contributed by atoms with E-state index in [1.54, 1.807) is 0 Å². The Hall–Kier alpha value is -0.560. The Morgan fingerprint density at radius 1 is 1.20 bits per heavy atom. The zero-order chi connectivity index (χ0) is 11.1. The summed E-state index contributed by atoms with van der Waals surface area (Å²) in [6.45, 7) is 8.27. The van der Waals surface area contributed by atoms with Gasteiger partial charge in [0.05, 0.1) is 6.61 Å². The van der Waals surface area contributed by atoms with Crippen molar-refractivity contribution in [1.82, 2.24) is 0 Å². The predicted molar refractivity (Wildman–Crippen MR) is 66.0 cm³/mol. The molecule has 0 spiro atoms. The summed E-state index contributed by atoms with van der Waals surface area (Å²) in [7, 11) is 0. The second kappa shape index (κ2) is 6.84. The maximum absolute atomic E-state index is 5.56. The maximum Gasteiger partial charge on any atom is 0.0650 e. The van der Waals surface area contributed by atoms with Crippen molar-refractivity contribution in [2.45, 2.75) is 46.5 Å². The summed E-state index contributed by atoms with van der Waals surface area (Å²) >= 11 is 0. The highest BCUT2D eigenvalue weighted by Crippen LogP contribution is 2.28. The van der Waals surface area contributed by atoms with E-state index in [2.05, 4.69) is 32.9 Å². The van der Waals surface area contributed by atoms with Gasteiger partial charge in [0, 0.05) is 6.61 Å². The smallest absolute Gasteiger partial charge is 0.0650 e. The molecule has 0 radical (unpaired) electrons. The Kier molecular flexibility index (Phi) is 5.70. The van der Waals surface area contributed by atoms with Crippen molar-refractivity contribution in [3.8, 4) is 0 Å². The van der Waals surface area contributed by atoms with Crippen LogP contribution in [0.1, 0.15) is 46.5 Å². The molecule has 0 amide bonds. The van der Waals surface area contributed by atoms with Crippen LogP contribution in [0, 0.1) is 5.92 Å². The fourth-order valence-electron chi connectivity index (χ4n) is 1.41. The van der Waals surface area contributed by atoms with Gasteiger partial charge >= 0.3 is 0 Å². The van der Waals surface area contributed by atoms with Gasteiger partial charge in [-0.3, -0.25) is 0 Å². The lowest BCUT2D eigenvalue weighted by Gasteiger charge is -2.01. The molecule has 1 aliphatic carbocycles. The van der Waals surface area contributed by atoms with Crippen molar-refractivity contribution < 1.29 is 4.74 Å². The van der Waals surface area contributed by atoms with Gasteiger partial charge in [0.2, 0.25) is 0 Å². The molecule has 0 atom stereocenters. The predicted octanol–water partition coefficient (Wildman–Crippen LogP) is 4.11. The molecular formula is C14H24O. The first kappa shape index (κ1) is 12.5. The van der Waals surface area contributed by atoms with Crippen molar-refractivity contribution in [3.63, 3.8) is 0 Å². The average Bonchev–Trinajstić information content (AvgIpc) is 2.95. The zero-order valence-corrected chi connectivity index (χ0v) is 10.4. The zero-order valence-electron chi connectivity index (χ0n) is 10.4. The van der Waals surface area contributed by atoms with Gasteiger partial charge in [0.15, 0.2) is 0 Å². The highest BCUT2D eigenvalue weighted by atomic mass is 16.5. The SMILES string of the molecule is CC(C)=CCC/C(C)=C/COCC1CC1. The molecule has 0 aliphatic heterocycles. The van der Waals surface area contributed by atoms with Gasteiger partial charge in [0.25, 0.3) is 0 Å². The molecule has 0 saturated heterocycles. The normalized spacial score (nSPS) is 16.6. The van der Waals surface area contributed by atoms with Crippen LogP contribution in [0.25, 0.3) is 0 Å². The molecule has 0 heterocycles. The molecule has 86 valence electrons. The summed E-state index contributed by atoms with van der Waals surface area (Å²) in [6.07, 6.45) is 9.60. The second-order valence-corrected chi connectivity index (χ2v) is 4.85. The van der Waals surface area contributed by atoms with Crippen molar-refractivity contribution in [2.75, 3.05) is 13.2 Å². The third-order valence-corrected chi connectivity index (χ3v) is 2.69. The van der Waals surface area contributed by atoms with E-state index >= 15 is 0 Å². The van der Waals surface area contributed by atoms with Crippen LogP contribution in [-0.4, -0.2) is 13.2 Å². The van der Waals surface area contributed by atoms with Crippen LogP contribution in [0.15, 0.2) is 23.3 Å². The molecule has 1 saturated carbocycles. The summed E-state index contributed by atoms with van der Waals surface area (Å²) in [5, 5.41) is 0. The molecule has 1 heteroatoms. The number of hydrogen-bond acceptors (Lipinski definition) is 1. The number of allylic oxidation sites excluding steroid dienone is 3. The Bertz CT molecular complexity index is 230. The van der Waals surface area contributed by atoms with Crippen molar-refractivity contribution in [1.29, 1.82) is 0 Å². The third-order valence-electron chi connectivity index (χ3n) is 2.69. The number of rotatable bonds is 7. The minimum atomic E-state index is 0.803. The number of ether oxygens (including phenoxy) is 1. The summed E-state index contributed by atoms with van der Waals surface area (Å²) < 4.78 is 5.56. The highest BCUT2D eigenvalue weighted by Gasteiger charge is 2.20. The van der Waals surface area contributed by atoms with E-state index in [4.69, 9.17) is 4.74 Å². The minimum Gasteiger partial charge on any atom is -0.377 e. The molecule has 0 aromatic rings. The molecule has 1 aliphatic rings. The lowest BCUT2D eigenvalue weighted by molar-refractivity contribution is 0.151. The Labute approximate surface area is 94.2 Å². The molecular weight excluding hydrogens is 184 g/mol. The Morgan fingerprint density at radius 2 is 1.93 bits per heavy atom. The van der Waals surface area contributed by atoms with Crippen molar-refractivity contribution >= 4 is 0 Å². The second-order valence-electron chi connectivity index (χ2n) is 4.85. The van der Waals surface area contributed by atoms with Gasteiger partial charge in [-0.25, -0.2) is 0 Å². The van der Waals surface area contributed by atoms with Crippen LogP contribution in [0.3, 0.4) is 0 Å². The molecule has 0 aromatic carbocycles. The Balaban J connectivity index is 2.01. The monoisotopic (exact) mass is 208 g/mol. The molecule has 15 heavy (non-hydrogen) atoms. The summed E-state index contributed by atoms with van der Waals surface area (Å²) in [4.78, 5) is 0. The number of hydrogen-bond donors (Lipinski definition) is 0. The molecule has 1 fully saturated rings. The molecule has 0 aromatic heterocycles. The maximum atomic E-state index is 5.56. The minimum absolute atomic E-state index is 0.803. The van der Waals surface area contributed by atoms with E-state index in [9.17, 15) is 0 Å². The van der Waals surface area contributed by atoms with E-state index in [1.807, 2.05) is 0 Å². The van der Waals surface area contributed by atoms with Gasteiger partial charge in [-0.15, -0.1) is 0 Å². The molecule has 1 nitrogen and oxygen atoms in total. The Morgan fingerprint density at radius 3 is 2.53 bits per heavy atom. The first-order valence-corrected chi connectivity index (χ1v) is 6.05. The van der Waals surface area contributed by atoms with Crippen LogP contribution in [-0.2, 0) is 4.74 Å². The van der Waals surface area contributed by atoms with Gasteiger partial charge in [-0.2, -0.15) is 0 Å². The fraction of sp³-hybridized carbons (Fsp3) is 0.714. The van der Waals surface area contributed by atoms with Crippen molar-refractivity contribution in [2.24, 2.45) is 5.92 Å². The quantitative estimate of drug-likeness (QED) is 0.452. The topological polar surface area (TPSA) is 9.23 Å². The fourth-order valence-corrected chi connectivity index (χ4v) is 1.41. The highest BCUT2D eigenvalue weighted by molar-refractivity contribution is 5.02. The van der Waals surface area contributed by atoms with Crippen LogP contribution in [0.5, 0.6) is 0 Å². The van der Waals surface area contributed by atoms with Crippen molar-refractivity contribution in [3.05, 3.63) is 23.3 Å². The van der Waals surface area contributed by atoms with E-state index < -0.39 is 0 Å². The summed E-state index contributed by atoms with van der Waals surface area (Å²) in [5.74, 6) is 0.879. The van der Waals surface area contributed by atoms with Crippen LogP contribution < -0.4 is 0 Å². The summed E-state index contributed by atoms with van der Waals surface area (Å²) in [5.41, 5.74) is 2.86. The third kappa shape index (κ3) is 7.38. The van der Waals surface area contributed by atoms with Crippen LogP contribution in [0.2, 0.25) is 0 Å². The molecule has 1 rings (SSSR count). The van der Waals surface area contributed by atoms with E-state index in [0.29, 0.717) is 0 Å². The molecule has 0 bridgehead atoms. The summed E-state index contributed by atoms with van der Waals surface area (Å²) in [6, 6.07) is 0. The van der Waals surface area contributed by atoms with E-state index in [1.165, 1.54) is 24.0 Å². The van der Waals surface area contributed by atoms with Crippen LogP contribution >= 0.6 is 0 Å². The van der Waals surface area contributed by atoms with Gasteiger partial charge in [0.1, 0.15) is 0 Å². The van der Waals surface area contributed by atoms with Gasteiger partial charge in [-0.1, -0.05) is 23.3 Å². The lowest BCUT2D eigenvalue weighted by Crippen LogP contribution is -1.96. The van der Waals surface area contributed by atoms with E-state index in [0.717, 1.165) is 32.0 Å². The first-order chi connectivity index (χ1) is 7.18. The lowest BCUT2D eigenvalue weighted by atomic mass is 10.1. The first-order valence-electron chi connectivity index (χ1n) is 6.05. The largest absolute Gasteiger partial charge is 0.377 e. The van der Waals surface area contributed by atoms with Gasteiger partial charge < -0.3 is 4.74 Å². The molecule has 0 N–H and O–H groups in total. The van der Waals surface area contributed by atoms with E-state index in [-0.39, 0.29) is 0 Å².